The largest absolute Gasteiger partial charge is 0.325 e. The van der Waals surface area contributed by atoms with Crippen molar-refractivity contribution in [3.8, 4) is 0 Å². The second kappa shape index (κ2) is 6.12. The number of carbonyl (C=O) groups is 1. The Morgan fingerprint density at radius 3 is 2.71 bits per heavy atom. The first-order valence-electron chi connectivity index (χ1n) is 5.52. The van der Waals surface area contributed by atoms with Crippen molar-refractivity contribution < 1.29 is 4.79 Å². The predicted molar refractivity (Wildman–Crippen MR) is 72.9 cm³/mol. The van der Waals surface area contributed by atoms with Crippen LogP contribution in [0.15, 0.2) is 22.9 Å². The van der Waals surface area contributed by atoms with E-state index in [0.717, 1.165) is 4.47 Å². The SMILES string of the molecule is CC(C)(C)NCCC(=O)Nc1cncc(Br)c1. The lowest BCUT2D eigenvalue weighted by Gasteiger charge is -2.20. The van der Waals surface area contributed by atoms with E-state index in [1.165, 1.54) is 0 Å². The zero-order valence-corrected chi connectivity index (χ0v) is 12.0. The summed E-state index contributed by atoms with van der Waals surface area (Å²) in [4.78, 5) is 15.6. The Morgan fingerprint density at radius 2 is 2.12 bits per heavy atom. The third-order valence-corrected chi connectivity index (χ3v) is 2.43. The van der Waals surface area contributed by atoms with Gasteiger partial charge in [-0.15, -0.1) is 0 Å². The summed E-state index contributed by atoms with van der Waals surface area (Å²) in [7, 11) is 0. The molecule has 1 rings (SSSR count). The van der Waals surface area contributed by atoms with E-state index in [4.69, 9.17) is 0 Å². The second-order valence-corrected chi connectivity index (χ2v) is 5.78. The van der Waals surface area contributed by atoms with Gasteiger partial charge in [0, 0.05) is 29.2 Å². The molecule has 0 saturated carbocycles. The number of nitrogens with one attached hydrogen (secondary N) is 2. The van der Waals surface area contributed by atoms with Gasteiger partial charge in [-0.25, -0.2) is 0 Å². The molecular formula is C12H18BrN3O. The lowest BCUT2D eigenvalue weighted by molar-refractivity contribution is -0.116. The van der Waals surface area contributed by atoms with Gasteiger partial charge in [-0.1, -0.05) is 0 Å². The number of pyridine rings is 1. The van der Waals surface area contributed by atoms with Crippen molar-refractivity contribution in [3.63, 3.8) is 0 Å². The molecule has 0 atom stereocenters. The lowest BCUT2D eigenvalue weighted by Crippen LogP contribution is -2.37. The first kappa shape index (κ1) is 14.1. The first-order chi connectivity index (χ1) is 7.87. The molecule has 0 spiro atoms. The highest BCUT2D eigenvalue weighted by atomic mass is 79.9. The maximum absolute atomic E-state index is 11.6. The number of amides is 1. The molecule has 94 valence electrons. The van der Waals surface area contributed by atoms with E-state index < -0.39 is 0 Å². The van der Waals surface area contributed by atoms with Crippen LogP contribution in [0.3, 0.4) is 0 Å². The summed E-state index contributed by atoms with van der Waals surface area (Å²) in [6, 6.07) is 1.82. The number of nitrogens with zero attached hydrogens (tertiary/aromatic N) is 1. The quantitative estimate of drug-likeness (QED) is 0.898. The van der Waals surface area contributed by atoms with Crippen LogP contribution in [-0.4, -0.2) is 23.0 Å². The van der Waals surface area contributed by atoms with Gasteiger partial charge in [0.15, 0.2) is 0 Å². The fraction of sp³-hybridized carbons (Fsp3) is 0.500. The van der Waals surface area contributed by atoms with E-state index in [0.29, 0.717) is 18.7 Å². The standard InChI is InChI=1S/C12H18BrN3O/c1-12(2,3)15-5-4-11(17)16-10-6-9(13)7-14-8-10/h6-8,15H,4-5H2,1-3H3,(H,16,17). The third-order valence-electron chi connectivity index (χ3n) is 2.00. The van der Waals surface area contributed by atoms with Crippen LogP contribution in [0.1, 0.15) is 27.2 Å². The molecule has 0 aliphatic heterocycles. The molecule has 0 fully saturated rings. The molecule has 4 nitrogen and oxygen atoms in total. The Hall–Kier alpha value is -0.940. The van der Waals surface area contributed by atoms with Crippen LogP contribution in [0.25, 0.3) is 0 Å². The highest BCUT2D eigenvalue weighted by molar-refractivity contribution is 9.10. The maximum atomic E-state index is 11.6. The Bertz CT molecular complexity index is 388. The van der Waals surface area contributed by atoms with Gasteiger partial charge >= 0.3 is 0 Å². The zero-order chi connectivity index (χ0) is 12.9. The van der Waals surface area contributed by atoms with Crippen molar-refractivity contribution in [2.45, 2.75) is 32.7 Å². The smallest absolute Gasteiger partial charge is 0.225 e. The molecule has 1 heterocycles. The minimum Gasteiger partial charge on any atom is -0.325 e. The van der Waals surface area contributed by atoms with Crippen molar-refractivity contribution in [2.24, 2.45) is 0 Å². The number of halogens is 1. The first-order valence-corrected chi connectivity index (χ1v) is 6.31. The molecule has 0 unspecified atom stereocenters. The Balaban J connectivity index is 2.35. The van der Waals surface area contributed by atoms with Crippen LogP contribution < -0.4 is 10.6 Å². The van der Waals surface area contributed by atoms with E-state index in [1.54, 1.807) is 12.4 Å². The molecule has 0 bridgehead atoms. The average molecular weight is 300 g/mol. The van der Waals surface area contributed by atoms with Crippen LogP contribution in [0.4, 0.5) is 5.69 Å². The summed E-state index contributed by atoms with van der Waals surface area (Å²) in [5.41, 5.74) is 0.748. The Labute approximate surface area is 110 Å². The van der Waals surface area contributed by atoms with Crippen LogP contribution in [0, 0.1) is 0 Å². The van der Waals surface area contributed by atoms with E-state index in [-0.39, 0.29) is 11.4 Å². The molecule has 2 N–H and O–H groups in total. The lowest BCUT2D eigenvalue weighted by atomic mass is 10.1. The van der Waals surface area contributed by atoms with Gasteiger partial charge in [0.05, 0.1) is 11.9 Å². The van der Waals surface area contributed by atoms with Crippen LogP contribution in [0.2, 0.25) is 0 Å². The average Bonchev–Trinajstić information content (AvgIpc) is 2.15. The number of hydrogen-bond donors (Lipinski definition) is 2. The van der Waals surface area contributed by atoms with Gasteiger partial charge in [-0.2, -0.15) is 0 Å². The topological polar surface area (TPSA) is 54.0 Å². The number of hydrogen-bond acceptors (Lipinski definition) is 3. The van der Waals surface area contributed by atoms with Crippen molar-refractivity contribution in [1.29, 1.82) is 0 Å². The third kappa shape index (κ3) is 6.38. The summed E-state index contributed by atoms with van der Waals surface area (Å²) >= 11 is 3.30. The summed E-state index contributed by atoms with van der Waals surface area (Å²) < 4.78 is 0.850. The molecule has 1 aromatic heterocycles. The van der Waals surface area contributed by atoms with E-state index in [1.807, 2.05) is 6.07 Å². The minimum atomic E-state index is -0.0124. The van der Waals surface area contributed by atoms with E-state index >= 15 is 0 Å². The van der Waals surface area contributed by atoms with Crippen molar-refractivity contribution in [2.75, 3.05) is 11.9 Å². The van der Waals surface area contributed by atoms with Gasteiger partial charge in [-0.3, -0.25) is 9.78 Å². The summed E-state index contributed by atoms with van der Waals surface area (Å²) in [6.45, 7) is 6.88. The van der Waals surface area contributed by atoms with Crippen LogP contribution >= 0.6 is 15.9 Å². The molecule has 1 amide bonds. The number of rotatable bonds is 4. The normalized spacial score (nSPS) is 11.3. The van der Waals surface area contributed by atoms with Gasteiger partial charge in [0.25, 0.3) is 0 Å². The summed E-state index contributed by atoms with van der Waals surface area (Å²) in [5.74, 6) is -0.0124. The molecule has 0 radical (unpaired) electrons. The molecule has 0 aromatic carbocycles. The minimum absolute atomic E-state index is 0.0124. The van der Waals surface area contributed by atoms with E-state index in [9.17, 15) is 4.79 Å². The molecule has 5 heteroatoms. The summed E-state index contributed by atoms with van der Waals surface area (Å²) in [5, 5.41) is 6.06. The molecule has 0 aliphatic carbocycles. The number of carbonyl (C=O) groups excluding carboxylic acids is 1. The van der Waals surface area contributed by atoms with Crippen molar-refractivity contribution in [1.82, 2.24) is 10.3 Å². The zero-order valence-electron chi connectivity index (χ0n) is 10.4. The van der Waals surface area contributed by atoms with Crippen LogP contribution in [0.5, 0.6) is 0 Å². The van der Waals surface area contributed by atoms with Gasteiger partial charge < -0.3 is 10.6 Å². The number of anilines is 1. The molecule has 1 aromatic rings. The Kier molecular flexibility index (Phi) is 5.08. The van der Waals surface area contributed by atoms with Crippen LogP contribution in [-0.2, 0) is 4.79 Å². The van der Waals surface area contributed by atoms with E-state index in [2.05, 4.69) is 52.3 Å². The highest BCUT2D eigenvalue weighted by Gasteiger charge is 2.09. The summed E-state index contributed by atoms with van der Waals surface area (Å²) in [6.07, 6.45) is 3.75. The fourth-order valence-corrected chi connectivity index (χ4v) is 1.62. The van der Waals surface area contributed by atoms with Gasteiger partial charge in [-0.05, 0) is 42.8 Å². The molecular weight excluding hydrogens is 282 g/mol. The fourth-order valence-electron chi connectivity index (χ4n) is 1.25. The van der Waals surface area contributed by atoms with Gasteiger partial charge in [0.2, 0.25) is 5.91 Å². The Morgan fingerprint density at radius 1 is 1.41 bits per heavy atom. The molecule has 0 aliphatic rings. The monoisotopic (exact) mass is 299 g/mol. The van der Waals surface area contributed by atoms with Crippen molar-refractivity contribution >= 4 is 27.5 Å². The highest BCUT2D eigenvalue weighted by Crippen LogP contribution is 2.13. The maximum Gasteiger partial charge on any atom is 0.225 e. The molecule has 17 heavy (non-hydrogen) atoms. The van der Waals surface area contributed by atoms with Crippen molar-refractivity contribution in [3.05, 3.63) is 22.9 Å². The van der Waals surface area contributed by atoms with Gasteiger partial charge in [0.1, 0.15) is 0 Å². The predicted octanol–water partition coefficient (Wildman–Crippen LogP) is 2.56. The number of aromatic nitrogens is 1. The second-order valence-electron chi connectivity index (χ2n) is 4.87. The molecule has 0 saturated heterocycles.